The number of carbonyl (C=O) groups is 1. The Morgan fingerprint density at radius 3 is 3.06 bits per heavy atom. The molecule has 0 bridgehead atoms. The van der Waals surface area contributed by atoms with E-state index < -0.39 is 0 Å². The van der Waals surface area contributed by atoms with Crippen LogP contribution in [-0.2, 0) is 4.79 Å². The van der Waals surface area contributed by atoms with Crippen molar-refractivity contribution in [3.05, 3.63) is 23.8 Å². The molecule has 0 spiro atoms. The maximum absolute atomic E-state index is 11.7. The first-order chi connectivity index (χ1) is 8.65. The third-order valence-corrected chi connectivity index (χ3v) is 3.14. The van der Waals surface area contributed by atoms with Gasteiger partial charge >= 0.3 is 0 Å². The van der Waals surface area contributed by atoms with Crippen molar-refractivity contribution in [2.45, 2.75) is 19.4 Å². The Bertz CT molecular complexity index is 506. The van der Waals surface area contributed by atoms with E-state index in [1.165, 1.54) is 0 Å². The van der Waals surface area contributed by atoms with Gasteiger partial charge in [0.15, 0.2) is 0 Å². The summed E-state index contributed by atoms with van der Waals surface area (Å²) in [6.07, 6.45) is 0.826. The van der Waals surface area contributed by atoms with Gasteiger partial charge in [-0.05, 0) is 38.1 Å². The van der Waals surface area contributed by atoms with Gasteiger partial charge in [0.05, 0.1) is 29.6 Å². The zero-order valence-electron chi connectivity index (χ0n) is 10.3. The molecule has 0 fully saturated rings. The van der Waals surface area contributed by atoms with Gasteiger partial charge in [-0.3, -0.25) is 4.79 Å². The number of hydrogen-bond donors (Lipinski definition) is 2. The molecule has 3 N–H and O–H groups in total. The van der Waals surface area contributed by atoms with Crippen LogP contribution in [0.25, 0.3) is 0 Å². The summed E-state index contributed by atoms with van der Waals surface area (Å²) in [6, 6.07) is 7.61. The molecule has 0 saturated heterocycles. The fraction of sp³-hybridized carbons (Fsp3) is 0.385. The number of amides is 1. The number of nitriles is 1. The van der Waals surface area contributed by atoms with Crippen LogP contribution in [0.2, 0.25) is 0 Å². The number of nitrogens with one attached hydrogen (secondary N) is 1. The van der Waals surface area contributed by atoms with Gasteiger partial charge in [-0.25, -0.2) is 0 Å². The molecule has 1 aromatic rings. The van der Waals surface area contributed by atoms with E-state index in [1.54, 1.807) is 12.1 Å². The van der Waals surface area contributed by atoms with Gasteiger partial charge in [0.25, 0.3) is 0 Å². The van der Waals surface area contributed by atoms with Gasteiger partial charge < -0.3 is 16.0 Å². The van der Waals surface area contributed by atoms with Crippen LogP contribution in [0.3, 0.4) is 0 Å². The molecule has 1 atom stereocenters. The van der Waals surface area contributed by atoms with Gasteiger partial charge in [-0.2, -0.15) is 5.26 Å². The predicted octanol–water partition coefficient (Wildman–Crippen LogP) is 1.05. The molecule has 5 heteroatoms. The number of nitrogens with zero attached hydrogens (tertiary/aromatic N) is 2. The number of benzene rings is 1. The lowest BCUT2D eigenvalue weighted by Crippen LogP contribution is -2.44. The minimum atomic E-state index is -0.0542. The van der Waals surface area contributed by atoms with Crippen LogP contribution >= 0.6 is 0 Å². The lowest BCUT2D eigenvalue weighted by atomic mass is 10.1. The van der Waals surface area contributed by atoms with E-state index in [9.17, 15) is 4.79 Å². The molecule has 1 amide bonds. The fourth-order valence-corrected chi connectivity index (χ4v) is 2.18. The zero-order chi connectivity index (χ0) is 13.1. The van der Waals surface area contributed by atoms with Gasteiger partial charge in [0.1, 0.15) is 0 Å². The number of nitrogens with two attached hydrogens (primary N) is 1. The molecule has 0 aromatic heterocycles. The molecule has 0 radical (unpaired) electrons. The molecule has 0 aliphatic carbocycles. The molecule has 5 nitrogen and oxygen atoms in total. The van der Waals surface area contributed by atoms with E-state index in [4.69, 9.17) is 11.0 Å². The summed E-state index contributed by atoms with van der Waals surface area (Å²) in [7, 11) is 0. The van der Waals surface area contributed by atoms with Crippen molar-refractivity contribution >= 4 is 17.3 Å². The molecule has 1 heterocycles. The zero-order valence-corrected chi connectivity index (χ0v) is 10.3. The number of carbonyl (C=O) groups excluding carboxylic acids is 1. The molecule has 2 rings (SSSR count). The van der Waals surface area contributed by atoms with Crippen LogP contribution in [0.15, 0.2) is 18.2 Å². The molecular weight excluding hydrogens is 228 g/mol. The van der Waals surface area contributed by atoms with Gasteiger partial charge in [0.2, 0.25) is 5.91 Å². The third-order valence-electron chi connectivity index (χ3n) is 3.14. The molecular formula is C13H16N4O. The van der Waals surface area contributed by atoms with E-state index in [0.717, 1.165) is 12.1 Å². The lowest BCUT2D eigenvalue weighted by Gasteiger charge is -2.35. The largest absolute Gasteiger partial charge is 0.358 e. The molecule has 1 aliphatic rings. The van der Waals surface area contributed by atoms with Crippen LogP contribution in [0.5, 0.6) is 0 Å². The summed E-state index contributed by atoms with van der Waals surface area (Å²) < 4.78 is 0. The summed E-state index contributed by atoms with van der Waals surface area (Å²) in [5.41, 5.74) is 7.77. The van der Waals surface area contributed by atoms with Crippen molar-refractivity contribution in [3.8, 4) is 6.07 Å². The highest BCUT2D eigenvalue weighted by Crippen LogP contribution is 2.32. The minimum Gasteiger partial charge on any atom is -0.358 e. The van der Waals surface area contributed by atoms with Crippen LogP contribution in [-0.4, -0.2) is 25.0 Å². The molecule has 1 aromatic carbocycles. The SMILES string of the molecule is CC(CCN)N1CC(=O)Nc2cc(C#N)ccc21. The van der Waals surface area contributed by atoms with E-state index in [2.05, 4.69) is 11.4 Å². The normalized spacial score (nSPS) is 15.6. The molecule has 1 unspecified atom stereocenters. The summed E-state index contributed by atoms with van der Waals surface area (Å²) in [6.45, 7) is 2.97. The highest BCUT2D eigenvalue weighted by molar-refractivity contribution is 6.01. The van der Waals surface area contributed by atoms with Crippen LogP contribution in [0, 0.1) is 11.3 Å². The van der Waals surface area contributed by atoms with Crippen LogP contribution in [0.4, 0.5) is 11.4 Å². The van der Waals surface area contributed by atoms with Crippen molar-refractivity contribution in [1.82, 2.24) is 0 Å². The second-order valence-corrected chi connectivity index (χ2v) is 4.45. The Morgan fingerprint density at radius 2 is 2.39 bits per heavy atom. The van der Waals surface area contributed by atoms with Crippen molar-refractivity contribution in [2.75, 3.05) is 23.3 Å². The monoisotopic (exact) mass is 244 g/mol. The number of fused-ring (bicyclic) bond motifs is 1. The van der Waals surface area contributed by atoms with Crippen molar-refractivity contribution < 1.29 is 4.79 Å². The summed E-state index contributed by atoms with van der Waals surface area (Å²) >= 11 is 0. The first kappa shape index (κ1) is 12.4. The highest BCUT2D eigenvalue weighted by atomic mass is 16.2. The fourth-order valence-electron chi connectivity index (χ4n) is 2.18. The van der Waals surface area contributed by atoms with E-state index >= 15 is 0 Å². The number of anilines is 2. The summed E-state index contributed by atoms with van der Waals surface area (Å²) in [5, 5.41) is 11.7. The van der Waals surface area contributed by atoms with Gasteiger partial charge in [0, 0.05) is 6.04 Å². The Labute approximate surface area is 106 Å². The Morgan fingerprint density at radius 1 is 1.61 bits per heavy atom. The average molecular weight is 244 g/mol. The van der Waals surface area contributed by atoms with Gasteiger partial charge in [-0.1, -0.05) is 0 Å². The van der Waals surface area contributed by atoms with Gasteiger partial charge in [-0.15, -0.1) is 0 Å². The maximum Gasteiger partial charge on any atom is 0.243 e. The lowest BCUT2D eigenvalue weighted by molar-refractivity contribution is -0.115. The predicted molar refractivity (Wildman–Crippen MR) is 70.3 cm³/mol. The van der Waals surface area contributed by atoms with E-state index in [1.807, 2.05) is 17.9 Å². The third kappa shape index (κ3) is 2.29. The van der Waals surface area contributed by atoms with Crippen molar-refractivity contribution in [2.24, 2.45) is 5.73 Å². The number of rotatable bonds is 3. The Kier molecular flexibility index (Phi) is 3.49. The van der Waals surface area contributed by atoms with Crippen LogP contribution < -0.4 is 16.0 Å². The second kappa shape index (κ2) is 5.07. The molecule has 18 heavy (non-hydrogen) atoms. The topological polar surface area (TPSA) is 82.2 Å². The maximum atomic E-state index is 11.7. The molecule has 0 saturated carbocycles. The van der Waals surface area contributed by atoms with Crippen molar-refractivity contribution in [1.29, 1.82) is 5.26 Å². The molecule has 94 valence electrons. The summed E-state index contributed by atoms with van der Waals surface area (Å²) in [5.74, 6) is -0.0542. The van der Waals surface area contributed by atoms with Crippen molar-refractivity contribution in [3.63, 3.8) is 0 Å². The Balaban J connectivity index is 2.37. The van der Waals surface area contributed by atoms with Crippen LogP contribution in [0.1, 0.15) is 18.9 Å². The Hall–Kier alpha value is -2.06. The first-order valence-electron chi connectivity index (χ1n) is 5.96. The summed E-state index contributed by atoms with van der Waals surface area (Å²) in [4.78, 5) is 13.7. The average Bonchev–Trinajstić information content (AvgIpc) is 2.37. The quantitative estimate of drug-likeness (QED) is 0.832. The highest BCUT2D eigenvalue weighted by Gasteiger charge is 2.25. The second-order valence-electron chi connectivity index (χ2n) is 4.45. The minimum absolute atomic E-state index is 0.0542. The first-order valence-corrected chi connectivity index (χ1v) is 5.96. The standard InChI is InChI=1S/C13H16N4O/c1-9(4-5-14)17-8-13(18)16-11-6-10(7-15)2-3-12(11)17/h2-3,6,9H,4-5,8,14H2,1H3,(H,16,18). The number of hydrogen-bond acceptors (Lipinski definition) is 4. The molecule has 1 aliphatic heterocycles. The van der Waals surface area contributed by atoms with E-state index in [0.29, 0.717) is 24.3 Å². The smallest absolute Gasteiger partial charge is 0.243 e. The van der Waals surface area contributed by atoms with E-state index in [-0.39, 0.29) is 11.9 Å².